The molecule has 166 valence electrons. The van der Waals surface area contributed by atoms with E-state index in [1.165, 1.54) is 34.3 Å². The van der Waals surface area contributed by atoms with Gasteiger partial charge in [0.15, 0.2) is 5.65 Å². The van der Waals surface area contributed by atoms with Crippen LogP contribution in [0.1, 0.15) is 43.0 Å². The van der Waals surface area contributed by atoms with E-state index in [9.17, 15) is 4.39 Å². The number of nitrogens with zero attached hydrogens (tertiary/aromatic N) is 3. The van der Waals surface area contributed by atoms with Crippen molar-refractivity contribution in [2.75, 3.05) is 5.32 Å². The van der Waals surface area contributed by atoms with Crippen LogP contribution in [-0.4, -0.2) is 25.6 Å². The smallest absolute Gasteiger partial charge is 0.161 e. The first-order valence-electron chi connectivity index (χ1n) is 11.6. The Kier molecular flexibility index (Phi) is 4.68. The maximum absolute atomic E-state index is 14.0. The fourth-order valence-corrected chi connectivity index (χ4v) is 4.99. The van der Waals surface area contributed by atoms with E-state index in [0.717, 1.165) is 47.5 Å². The molecule has 1 aliphatic carbocycles. The van der Waals surface area contributed by atoms with Gasteiger partial charge in [-0.3, -0.25) is 0 Å². The third-order valence-corrected chi connectivity index (χ3v) is 6.69. The molecule has 0 amide bonds. The Bertz CT molecular complexity index is 1480. The minimum absolute atomic E-state index is 0.264. The van der Waals surface area contributed by atoms with Gasteiger partial charge in [-0.15, -0.1) is 0 Å². The summed E-state index contributed by atoms with van der Waals surface area (Å²) in [5.41, 5.74) is 7.35. The van der Waals surface area contributed by atoms with Crippen molar-refractivity contribution in [3.63, 3.8) is 0 Å². The van der Waals surface area contributed by atoms with Crippen LogP contribution in [0.25, 0.3) is 27.8 Å². The molecule has 0 fully saturated rings. The number of hydrogen-bond donors (Lipinski definition) is 2. The summed E-state index contributed by atoms with van der Waals surface area (Å²) < 4.78 is 15.9. The molecule has 0 saturated carbocycles. The Morgan fingerprint density at radius 1 is 1.12 bits per heavy atom. The molecule has 0 spiro atoms. The van der Waals surface area contributed by atoms with E-state index in [-0.39, 0.29) is 17.8 Å². The number of fused-ring (bicyclic) bond motifs is 4. The Morgan fingerprint density at radius 2 is 2.00 bits per heavy atom. The lowest BCUT2D eigenvalue weighted by atomic mass is 9.91. The summed E-state index contributed by atoms with van der Waals surface area (Å²) in [7, 11) is 0. The fourth-order valence-electron chi connectivity index (χ4n) is 4.99. The van der Waals surface area contributed by atoms with Crippen molar-refractivity contribution in [2.24, 2.45) is 0 Å². The predicted molar refractivity (Wildman–Crippen MR) is 130 cm³/mol. The topological polar surface area (TPSA) is 58.0 Å². The number of anilines is 1. The van der Waals surface area contributed by atoms with Gasteiger partial charge in [-0.1, -0.05) is 44.2 Å². The lowest BCUT2D eigenvalue weighted by molar-refractivity contribution is 0.603. The normalized spacial score (nSPS) is 15.9. The van der Waals surface area contributed by atoms with Gasteiger partial charge in [-0.2, -0.15) is 9.61 Å². The second-order valence-corrected chi connectivity index (χ2v) is 9.24. The molecule has 5 aromatic rings. The number of aryl methyl sites for hydroxylation is 1. The van der Waals surface area contributed by atoms with Gasteiger partial charge < -0.3 is 10.3 Å². The second-order valence-electron chi connectivity index (χ2n) is 9.24. The number of para-hydroxylation sites is 1. The zero-order valence-electron chi connectivity index (χ0n) is 18.8. The molecule has 2 N–H and O–H groups in total. The van der Waals surface area contributed by atoms with E-state index in [4.69, 9.17) is 4.98 Å². The van der Waals surface area contributed by atoms with Gasteiger partial charge >= 0.3 is 0 Å². The second kappa shape index (κ2) is 7.73. The zero-order valence-corrected chi connectivity index (χ0v) is 18.8. The van der Waals surface area contributed by atoms with Crippen LogP contribution < -0.4 is 5.32 Å². The molecule has 1 aliphatic rings. The number of halogens is 1. The van der Waals surface area contributed by atoms with Crippen molar-refractivity contribution in [2.45, 2.75) is 45.1 Å². The van der Waals surface area contributed by atoms with Crippen LogP contribution in [0.5, 0.6) is 0 Å². The molecular formula is C27H26FN5. The molecule has 0 saturated heterocycles. The summed E-state index contributed by atoms with van der Waals surface area (Å²) in [5, 5.41) is 9.71. The van der Waals surface area contributed by atoms with E-state index in [2.05, 4.69) is 53.5 Å². The lowest BCUT2D eigenvalue weighted by Crippen LogP contribution is -2.28. The minimum Gasteiger partial charge on any atom is -0.367 e. The van der Waals surface area contributed by atoms with E-state index in [1.807, 2.05) is 22.8 Å². The summed E-state index contributed by atoms with van der Waals surface area (Å²) in [6, 6.07) is 17.4. The third-order valence-electron chi connectivity index (χ3n) is 6.69. The Morgan fingerprint density at radius 3 is 2.85 bits per heavy atom. The molecule has 2 aromatic carbocycles. The van der Waals surface area contributed by atoms with Crippen LogP contribution in [0, 0.1) is 5.82 Å². The van der Waals surface area contributed by atoms with E-state index < -0.39 is 0 Å². The number of rotatable bonds is 4. The highest BCUT2D eigenvalue weighted by molar-refractivity contribution is 5.85. The number of H-pyrrole nitrogens is 1. The Balaban J connectivity index is 1.41. The van der Waals surface area contributed by atoms with E-state index in [0.29, 0.717) is 0 Å². The van der Waals surface area contributed by atoms with Crippen molar-refractivity contribution < 1.29 is 4.39 Å². The zero-order chi connectivity index (χ0) is 22.5. The minimum atomic E-state index is -0.264. The van der Waals surface area contributed by atoms with Crippen molar-refractivity contribution in [1.82, 2.24) is 19.6 Å². The van der Waals surface area contributed by atoms with Crippen molar-refractivity contribution in [3.8, 4) is 11.3 Å². The van der Waals surface area contributed by atoms with Crippen molar-refractivity contribution >= 4 is 22.4 Å². The lowest BCUT2D eigenvalue weighted by Gasteiger charge is -2.25. The number of benzene rings is 2. The number of aromatic amines is 1. The molecule has 33 heavy (non-hydrogen) atoms. The van der Waals surface area contributed by atoms with Crippen molar-refractivity contribution in [3.05, 3.63) is 83.4 Å². The number of hydrogen-bond acceptors (Lipinski definition) is 3. The molecule has 0 bridgehead atoms. The van der Waals surface area contributed by atoms with Crippen LogP contribution in [0.2, 0.25) is 0 Å². The largest absolute Gasteiger partial charge is 0.367 e. The van der Waals surface area contributed by atoms with Gasteiger partial charge in [0.1, 0.15) is 11.6 Å². The highest BCUT2D eigenvalue weighted by atomic mass is 19.1. The van der Waals surface area contributed by atoms with Gasteiger partial charge in [-0.05, 0) is 48.9 Å². The summed E-state index contributed by atoms with van der Waals surface area (Å²) >= 11 is 0. The Hall–Kier alpha value is -3.67. The molecule has 1 unspecified atom stereocenters. The highest BCUT2D eigenvalue weighted by Crippen LogP contribution is 2.32. The van der Waals surface area contributed by atoms with Crippen LogP contribution >= 0.6 is 0 Å². The molecule has 3 aromatic heterocycles. The third kappa shape index (κ3) is 3.46. The summed E-state index contributed by atoms with van der Waals surface area (Å²) in [5.74, 6) is 0.911. The molecule has 0 aliphatic heterocycles. The van der Waals surface area contributed by atoms with Crippen LogP contribution in [0.3, 0.4) is 0 Å². The summed E-state index contributed by atoms with van der Waals surface area (Å²) in [4.78, 5) is 8.47. The summed E-state index contributed by atoms with van der Waals surface area (Å²) in [6.45, 7) is 4.28. The first-order valence-corrected chi connectivity index (χ1v) is 11.6. The van der Waals surface area contributed by atoms with Gasteiger partial charge in [0.2, 0.25) is 0 Å². The number of aromatic nitrogens is 4. The Labute approximate surface area is 191 Å². The number of nitrogens with one attached hydrogen (secondary N) is 2. The van der Waals surface area contributed by atoms with Gasteiger partial charge in [0.25, 0.3) is 0 Å². The van der Waals surface area contributed by atoms with Crippen LogP contribution in [0.4, 0.5) is 10.2 Å². The van der Waals surface area contributed by atoms with Crippen LogP contribution in [-0.2, 0) is 12.8 Å². The van der Waals surface area contributed by atoms with Crippen LogP contribution in [0.15, 0.2) is 60.8 Å². The average Bonchev–Trinajstić information content (AvgIpc) is 3.41. The predicted octanol–water partition coefficient (Wildman–Crippen LogP) is 6.11. The van der Waals surface area contributed by atoms with E-state index in [1.54, 1.807) is 6.07 Å². The van der Waals surface area contributed by atoms with Gasteiger partial charge in [0, 0.05) is 39.8 Å². The quantitative estimate of drug-likeness (QED) is 0.355. The maximum Gasteiger partial charge on any atom is 0.161 e. The molecule has 1 atom stereocenters. The molecular weight excluding hydrogens is 413 g/mol. The standard InChI is InChI=1S/C27H26FN5/c1-16(2)22-15-29-33-26(14-25(32-27(22)33)17-6-5-7-18(28)12-17)30-19-10-11-24-21(13-19)20-8-3-4-9-23(20)31-24/h3-9,12,14-16,19,30-31H,10-11,13H2,1-2H3. The first kappa shape index (κ1) is 20.0. The monoisotopic (exact) mass is 439 g/mol. The highest BCUT2D eigenvalue weighted by Gasteiger charge is 2.24. The molecule has 6 heteroatoms. The van der Waals surface area contributed by atoms with Crippen molar-refractivity contribution in [1.29, 1.82) is 0 Å². The fraction of sp³-hybridized carbons (Fsp3) is 0.259. The molecule has 3 heterocycles. The molecule has 5 nitrogen and oxygen atoms in total. The van der Waals surface area contributed by atoms with Gasteiger partial charge in [0.05, 0.1) is 11.9 Å². The van der Waals surface area contributed by atoms with Gasteiger partial charge in [-0.25, -0.2) is 9.37 Å². The summed E-state index contributed by atoms with van der Waals surface area (Å²) in [6.07, 6.45) is 4.86. The SMILES string of the molecule is CC(C)c1cnn2c(NC3CCc4[nH]c5ccccc5c4C3)cc(-c3cccc(F)c3)nc12. The van der Waals surface area contributed by atoms with E-state index >= 15 is 0 Å². The first-order chi connectivity index (χ1) is 16.1. The maximum atomic E-state index is 14.0. The average molecular weight is 440 g/mol. The molecule has 0 radical (unpaired) electrons. The molecule has 6 rings (SSSR count).